The standard InChI is InChI=1S/C19H28N2/c1-13-10-14(11-13)4-7-18-20-16-6-5-15(12-17(16)21-18)19(2)8-3-9-19/h5-6,12-14,18,20-21H,3-4,7-11H2,1-2H3. The van der Waals surface area contributed by atoms with Gasteiger partial charge in [0, 0.05) is 0 Å². The number of hydrogen-bond acceptors (Lipinski definition) is 2. The molecule has 3 aliphatic rings. The largest absolute Gasteiger partial charge is 0.364 e. The molecule has 1 unspecified atom stereocenters. The van der Waals surface area contributed by atoms with Crippen LogP contribution in [0.15, 0.2) is 18.2 Å². The minimum Gasteiger partial charge on any atom is -0.364 e. The van der Waals surface area contributed by atoms with Gasteiger partial charge in [0.05, 0.1) is 17.5 Å². The van der Waals surface area contributed by atoms with Crippen molar-refractivity contribution in [1.29, 1.82) is 0 Å². The summed E-state index contributed by atoms with van der Waals surface area (Å²) in [7, 11) is 0. The molecule has 2 saturated carbocycles. The molecule has 0 spiro atoms. The molecule has 2 fully saturated rings. The van der Waals surface area contributed by atoms with Crippen LogP contribution in [0.2, 0.25) is 0 Å². The zero-order chi connectivity index (χ0) is 14.4. The Bertz CT molecular complexity index is 526. The summed E-state index contributed by atoms with van der Waals surface area (Å²) in [5.74, 6) is 1.96. The Hall–Kier alpha value is -1.18. The molecule has 114 valence electrons. The fourth-order valence-electron chi connectivity index (χ4n) is 4.42. The van der Waals surface area contributed by atoms with Crippen LogP contribution in [-0.4, -0.2) is 6.17 Å². The number of nitrogens with one attached hydrogen (secondary N) is 2. The lowest BCUT2D eigenvalue weighted by atomic mass is 9.66. The zero-order valence-electron chi connectivity index (χ0n) is 13.4. The van der Waals surface area contributed by atoms with Crippen LogP contribution in [0.3, 0.4) is 0 Å². The molecule has 1 aliphatic heterocycles. The highest BCUT2D eigenvalue weighted by Crippen LogP contribution is 2.45. The number of anilines is 2. The van der Waals surface area contributed by atoms with E-state index in [0.29, 0.717) is 11.6 Å². The van der Waals surface area contributed by atoms with Gasteiger partial charge in [0.1, 0.15) is 0 Å². The predicted molar refractivity (Wildman–Crippen MR) is 89.8 cm³/mol. The summed E-state index contributed by atoms with van der Waals surface area (Å²) in [5, 5.41) is 7.35. The molecule has 0 aromatic heterocycles. The summed E-state index contributed by atoms with van der Waals surface area (Å²) in [6, 6.07) is 7.02. The van der Waals surface area contributed by atoms with Gasteiger partial charge in [0.2, 0.25) is 0 Å². The zero-order valence-corrected chi connectivity index (χ0v) is 13.4. The highest BCUT2D eigenvalue weighted by Gasteiger charge is 2.34. The van der Waals surface area contributed by atoms with Gasteiger partial charge in [-0.15, -0.1) is 0 Å². The van der Waals surface area contributed by atoms with Gasteiger partial charge in [-0.2, -0.15) is 0 Å². The van der Waals surface area contributed by atoms with Gasteiger partial charge in [-0.1, -0.05) is 26.3 Å². The molecule has 0 saturated heterocycles. The molecular formula is C19H28N2. The maximum atomic E-state index is 3.70. The first-order chi connectivity index (χ1) is 10.1. The molecule has 0 radical (unpaired) electrons. The van der Waals surface area contributed by atoms with Gasteiger partial charge in [-0.05, 0) is 73.5 Å². The van der Waals surface area contributed by atoms with Crippen molar-refractivity contribution in [2.75, 3.05) is 10.6 Å². The Morgan fingerprint density at radius 3 is 2.52 bits per heavy atom. The first kappa shape index (κ1) is 13.5. The fourth-order valence-corrected chi connectivity index (χ4v) is 4.42. The summed E-state index contributed by atoms with van der Waals surface area (Å²) in [4.78, 5) is 0. The summed E-state index contributed by atoms with van der Waals surface area (Å²) in [5.41, 5.74) is 4.59. The van der Waals surface area contributed by atoms with Gasteiger partial charge in [-0.25, -0.2) is 0 Å². The topological polar surface area (TPSA) is 24.1 Å². The second kappa shape index (κ2) is 4.93. The van der Waals surface area contributed by atoms with E-state index in [-0.39, 0.29) is 0 Å². The monoisotopic (exact) mass is 284 g/mol. The van der Waals surface area contributed by atoms with E-state index in [9.17, 15) is 0 Å². The molecule has 2 aliphatic carbocycles. The van der Waals surface area contributed by atoms with Crippen molar-refractivity contribution in [3.63, 3.8) is 0 Å². The molecular weight excluding hydrogens is 256 g/mol. The van der Waals surface area contributed by atoms with Crippen molar-refractivity contribution in [3.05, 3.63) is 23.8 Å². The molecule has 21 heavy (non-hydrogen) atoms. The lowest BCUT2D eigenvalue weighted by Crippen LogP contribution is -2.30. The maximum Gasteiger partial charge on any atom is 0.0964 e. The third kappa shape index (κ3) is 2.43. The van der Waals surface area contributed by atoms with Crippen molar-refractivity contribution in [3.8, 4) is 0 Å². The Balaban J connectivity index is 1.37. The van der Waals surface area contributed by atoms with Crippen LogP contribution >= 0.6 is 0 Å². The maximum absolute atomic E-state index is 3.70. The number of fused-ring (bicyclic) bond motifs is 1. The lowest BCUT2D eigenvalue weighted by molar-refractivity contribution is 0.195. The van der Waals surface area contributed by atoms with Crippen LogP contribution in [0.5, 0.6) is 0 Å². The summed E-state index contributed by atoms with van der Waals surface area (Å²) in [6.45, 7) is 4.79. The molecule has 2 heteroatoms. The first-order valence-electron chi connectivity index (χ1n) is 8.80. The van der Waals surface area contributed by atoms with Crippen LogP contribution in [-0.2, 0) is 5.41 Å². The average molecular weight is 284 g/mol. The smallest absolute Gasteiger partial charge is 0.0964 e. The minimum atomic E-state index is 0.441. The van der Waals surface area contributed by atoms with Gasteiger partial charge < -0.3 is 10.6 Å². The van der Waals surface area contributed by atoms with Crippen molar-refractivity contribution >= 4 is 11.4 Å². The van der Waals surface area contributed by atoms with E-state index in [4.69, 9.17) is 0 Å². The van der Waals surface area contributed by atoms with E-state index in [0.717, 1.165) is 11.8 Å². The second-order valence-electron chi connectivity index (χ2n) is 8.04. The van der Waals surface area contributed by atoms with Crippen molar-refractivity contribution in [2.45, 2.75) is 70.4 Å². The summed E-state index contributed by atoms with van der Waals surface area (Å²) in [6.07, 6.45) is 10.0. The third-order valence-corrected chi connectivity index (χ3v) is 6.17. The normalized spacial score (nSPS) is 32.4. The van der Waals surface area contributed by atoms with Crippen molar-refractivity contribution < 1.29 is 0 Å². The molecule has 1 atom stereocenters. The van der Waals surface area contributed by atoms with Gasteiger partial charge in [0.15, 0.2) is 0 Å². The van der Waals surface area contributed by atoms with Crippen LogP contribution in [0.1, 0.15) is 64.4 Å². The van der Waals surface area contributed by atoms with Gasteiger partial charge in [0.25, 0.3) is 0 Å². The van der Waals surface area contributed by atoms with Crippen molar-refractivity contribution in [1.82, 2.24) is 0 Å². The van der Waals surface area contributed by atoms with E-state index in [2.05, 4.69) is 42.7 Å². The van der Waals surface area contributed by atoms with Crippen LogP contribution in [0, 0.1) is 11.8 Å². The van der Waals surface area contributed by atoms with Gasteiger partial charge >= 0.3 is 0 Å². The third-order valence-electron chi connectivity index (χ3n) is 6.17. The van der Waals surface area contributed by atoms with Crippen LogP contribution < -0.4 is 10.6 Å². The SMILES string of the molecule is CC1CC(CCC2Nc3ccc(C4(C)CCC4)cc3N2)C1. The number of rotatable bonds is 4. The average Bonchev–Trinajstić information content (AvgIpc) is 2.81. The highest BCUT2D eigenvalue weighted by atomic mass is 15.2. The molecule has 0 amide bonds. The number of hydrogen-bond donors (Lipinski definition) is 2. The van der Waals surface area contributed by atoms with E-state index in [1.165, 1.54) is 61.9 Å². The molecule has 4 rings (SSSR count). The van der Waals surface area contributed by atoms with Crippen LogP contribution in [0.4, 0.5) is 11.4 Å². The lowest BCUT2D eigenvalue weighted by Gasteiger charge is -2.39. The Morgan fingerprint density at radius 2 is 1.86 bits per heavy atom. The Labute approximate surface area is 128 Å². The molecule has 1 aromatic carbocycles. The number of benzene rings is 1. The van der Waals surface area contributed by atoms with E-state index < -0.39 is 0 Å². The van der Waals surface area contributed by atoms with Gasteiger partial charge in [-0.3, -0.25) is 0 Å². The minimum absolute atomic E-state index is 0.441. The molecule has 2 nitrogen and oxygen atoms in total. The summed E-state index contributed by atoms with van der Waals surface area (Å²) < 4.78 is 0. The van der Waals surface area contributed by atoms with E-state index in [1.807, 2.05) is 0 Å². The van der Waals surface area contributed by atoms with E-state index >= 15 is 0 Å². The van der Waals surface area contributed by atoms with E-state index in [1.54, 1.807) is 0 Å². The van der Waals surface area contributed by atoms with Crippen LogP contribution in [0.25, 0.3) is 0 Å². The quantitative estimate of drug-likeness (QED) is 0.802. The molecule has 1 aromatic rings. The summed E-state index contributed by atoms with van der Waals surface area (Å²) >= 11 is 0. The molecule has 2 N–H and O–H groups in total. The predicted octanol–water partition coefficient (Wildman–Crippen LogP) is 5.12. The second-order valence-corrected chi connectivity index (χ2v) is 8.04. The Kier molecular flexibility index (Phi) is 3.16. The van der Waals surface area contributed by atoms with Crippen molar-refractivity contribution in [2.24, 2.45) is 11.8 Å². The molecule has 0 bridgehead atoms. The highest BCUT2D eigenvalue weighted by molar-refractivity contribution is 5.75. The molecule has 1 heterocycles. The Morgan fingerprint density at radius 1 is 1.10 bits per heavy atom. The fraction of sp³-hybridized carbons (Fsp3) is 0.684. The first-order valence-corrected chi connectivity index (χ1v) is 8.80.